The molecular weight excluding hydrogens is 430 g/mol. The lowest BCUT2D eigenvalue weighted by Gasteiger charge is -2.34. The highest BCUT2D eigenvalue weighted by Gasteiger charge is 2.24. The molecule has 1 fully saturated rings. The third-order valence-electron chi connectivity index (χ3n) is 5.30. The molecule has 1 amide bonds. The summed E-state index contributed by atoms with van der Waals surface area (Å²) in [6.07, 6.45) is 0. The van der Waals surface area contributed by atoms with E-state index in [2.05, 4.69) is 4.90 Å². The number of methoxy groups -OCH3 is 2. The van der Waals surface area contributed by atoms with E-state index in [1.165, 1.54) is 0 Å². The van der Waals surface area contributed by atoms with Crippen molar-refractivity contribution in [2.45, 2.75) is 6.92 Å². The number of carbonyl (C=O) groups excluding carboxylic acids is 1. The standard InChI is InChI=1S/C23H27N3O5S/c1-4-30-16-5-7-17(8-6-16)31-15-20(27)25-11-13-26(14-12-25)23-24-21-18(28-2)9-10-19(29-3)22(21)32-23/h5-10H,4,11-15H2,1-3H3. The second-order valence-electron chi connectivity index (χ2n) is 7.21. The molecule has 1 aliphatic rings. The predicted molar refractivity (Wildman–Crippen MR) is 125 cm³/mol. The van der Waals surface area contributed by atoms with Crippen LogP contribution < -0.4 is 23.8 Å². The third kappa shape index (κ3) is 4.67. The molecule has 2 aromatic carbocycles. The number of aromatic nitrogens is 1. The zero-order valence-electron chi connectivity index (χ0n) is 18.5. The van der Waals surface area contributed by atoms with Crippen LogP contribution in [0, 0.1) is 0 Å². The first-order valence-electron chi connectivity index (χ1n) is 10.5. The Morgan fingerprint density at radius 3 is 2.19 bits per heavy atom. The minimum atomic E-state index is -0.0221. The number of benzene rings is 2. The molecule has 32 heavy (non-hydrogen) atoms. The van der Waals surface area contributed by atoms with E-state index < -0.39 is 0 Å². The summed E-state index contributed by atoms with van der Waals surface area (Å²) in [5, 5.41) is 0.903. The molecular formula is C23H27N3O5S. The SMILES string of the molecule is CCOc1ccc(OCC(=O)N2CCN(c3nc4c(OC)ccc(OC)c4s3)CC2)cc1. The van der Waals surface area contributed by atoms with E-state index in [0.29, 0.717) is 38.5 Å². The zero-order chi connectivity index (χ0) is 22.5. The highest BCUT2D eigenvalue weighted by atomic mass is 32.1. The van der Waals surface area contributed by atoms with Crippen LogP contribution >= 0.6 is 11.3 Å². The molecule has 2 heterocycles. The molecule has 0 saturated carbocycles. The average molecular weight is 458 g/mol. The van der Waals surface area contributed by atoms with E-state index in [-0.39, 0.29) is 12.5 Å². The summed E-state index contributed by atoms with van der Waals surface area (Å²) in [5.74, 6) is 2.92. The second-order valence-corrected chi connectivity index (χ2v) is 8.18. The van der Waals surface area contributed by atoms with Crippen LogP contribution in [0.2, 0.25) is 0 Å². The van der Waals surface area contributed by atoms with Gasteiger partial charge in [-0.1, -0.05) is 11.3 Å². The Balaban J connectivity index is 1.34. The van der Waals surface area contributed by atoms with Crippen LogP contribution in [0.15, 0.2) is 36.4 Å². The maximum Gasteiger partial charge on any atom is 0.260 e. The van der Waals surface area contributed by atoms with Crippen molar-refractivity contribution >= 4 is 32.6 Å². The first-order chi connectivity index (χ1) is 15.6. The van der Waals surface area contributed by atoms with Gasteiger partial charge in [-0.2, -0.15) is 0 Å². The summed E-state index contributed by atoms with van der Waals surface area (Å²) in [5.41, 5.74) is 0.800. The Kier molecular flexibility index (Phi) is 6.84. The Morgan fingerprint density at radius 1 is 0.938 bits per heavy atom. The number of hydrogen-bond acceptors (Lipinski definition) is 8. The number of nitrogens with zero attached hydrogens (tertiary/aromatic N) is 3. The Morgan fingerprint density at radius 2 is 1.56 bits per heavy atom. The monoisotopic (exact) mass is 457 g/mol. The molecule has 0 aliphatic carbocycles. The molecule has 9 heteroatoms. The van der Waals surface area contributed by atoms with E-state index in [1.807, 2.05) is 48.2 Å². The quantitative estimate of drug-likeness (QED) is 0.513. The lowest BCUT2D eigenvalue weighted by Crippen LogP contribution is -2.50. The minimum Gasteiger partial charge on any atom is -0.495 e. The van der Waals surface area contributed by atoms with Crippen molar-refractivity contribution in [2.75, 3.05) is 58.5 Å². The molecule has 8 nitrogen and oxygen atoms in total. The molecule has 1 saturated heterocycles. The number of hydrogen-bond donors (Lipinski definition) is 0. The lowest BCUT2D eigenvalue weighted by atomic mass is 10.3. The van der Waals surface area contributed by atoms with Gasteiger partial charge in [-0.15, -0.1) is 0 Å². The van der Waals surface area contributed by atoms with Gasteiger partial charge in [-0.25, -0.2) is 4.98 Å². The van der Waals surface area contributed by atoms with Crippen LogP contribution in [-0.4, -0.2) is 69.4 Å². The van der Waals surface area contributed by atoms with E-state index in [4.69, 9.17) is 23.9 Å². The summed E-state index contributed by atoms with van der Waals surface area (Å²) in [6, 6.07) is 11.1. The topological polar surface area (TPSA) is 73.4 Å². The van der Waals surface area contributed by atoms with Crippen LogP contribution in [0.4, 0.5) is 5.13 Å². The van der Waals surface area contributed by atoms with E-state index in [1.54, 1.807) is 25.6 Å². The molecule has 0 N–H and O–H groups in total. The van der Waals surface area contributed by atoms with Crippen LogP contribution in [0.25, 0.3) is 10.2 Å². The van der Waals surface area contributed by atoms with Gasteiger partial charge in [-0.05, 0) is 43.3 Å². The van der Waals surface area contributed by atoms with Crippen LogP contribution in [0.1, 0.15) is 6.92 Å². The average Bonchev–Trinajstić information content (AvgIpc) is 3.29. The molecule has 1 aromatic heterocycles. The van der Waals surface area contributed by atoms with Gasteiger partial charge >= 0.3 is 0 Å². The zero-order valence-corrected chi connectivity index (χ0v) is 19.3. The summed E-state index contributed by atoms with van der Waals surface area (Å²) in [6.45, 7) is 5.23. The summed E-state index contributed by atoms with van der Waals surface area (Å²) < 4.78 is 23.0. The molecule has 0 spiro atoms. The smallest absolute Gasteiger partial charge is 0.260 e. The summed E-state index contributed by atoms with van der Waals surface area (Å²) in [7, 11) is 3.29. The third-order valence-corrected chi connectivity index (χ3v) is 6.43. The van der Waals surface area contributed by atoms with E-state index in [9.17, 15) is 4.79 Å². The number of amides is 1. The van der Waals surface area contributed by atoms with Crippen molar-refractivity contribution < 1.29 is 23.7 Å². The normalized spacial score (nSPS) is 13.8. The van der Waals surface area contributed by atoms with Gasteiger partial charge in [-0.3, -0.25) is 4.79 Å². The number of thiazole rings is 1. The number of rotatable bonds is 8. The molecule has 0 radical (unpaired) electrons. The Labute approximate surface area is 191 Å². The minimum absolute atomic E-state index is 0.0174. The highest BCUT2D eigenvalue weighted by molar-refractivity contribution is 7.22. The van der Waals surface area contributed by atoms with Gasteiger partial charge < -0.3 is 28.7 Å². The van der Waals surface area contributed by atoms with Crippen molar-refractivity contribution in [3.8, 4) is 23.0 Å². The van der Waals surface area contributed by atoms with Gasteiger partial charge in [0.15, 0.2) is 11.7 Å². The fraction of sp³-hybridized carbons (Fsp3) is 0.391. The number of anilines is 1. The second kappa shape index (κ2) is 9.95. The first kappa shape index (κ1) is 22.0. The van der Waals surface area contributed by atoms with Gasteiger partial charge in [0.05, 0.1) is 20.8 Å². The molecule has 0 bridgehead atoms. The Hall–Kier alpha value is -3.20. The number of fused-ring (bicyclic) bond motifs is 1. The first-order valence-corrected chi connectivity index (χ1v) is 11.3. The van der Waals surface area contributed by atoms with Crippen molar-refractivity contribution in [1.29, 1.82) is 0 Å². The maximum absolute atomic E-state index is 12.6. The number of ether oxygens (including phenoxy) is 4. The van der Waals surface area contributed by atoms with E-state index >= 15 is 0 Å². The van der Waals surface area contributed by atoms with Gasteiger partial charge in [0.1, 0.15) is 33.2 Å². The molecule has 170 valence electrons. The summed E-state index contributed by atoms with van der Waals surface area (Å²) >= 11 is 1.58. The van der Waals surface area contributed by atoms with Gasteiger partial charge in [0, 0.05) is 26.2 Å². The molecule has 4 rings (SSSR count). The number of carbonyl (C=O) groups is 1. The van der Waals surface area contributed by atoms with Gasteiger partial charge in [0.2, 0.25) is 0 Å². The largest absolute Gasteiger partial charge is 0.495 e. The van der Waals surface area contributed by atoms with Crippen LogP contribution in [-0.2, 0) is 4.79 Å². The van der Waals surface area contributed by atoms with Crippen molar-refractivity contribution in [3.05, 3.63) is 36.4 Å². The van der Waals surface area contributed by atoms with Crippen molar-refractivity contribution in [3.63, 3.8) is 0 Å². The fourth-order valence-electron chi connectivity index (χ4n) is 3.59. The van der Waals surface area contributed by atoms with Gasteiger partial charge in [0.25, 0.3) is 5.91 Å². The summed E-state index contributed by atoms with van der Waals surface area (Å²) in [4.78, 5) is 21.4. The fourth-order valence-corrected chi connectivity index (χ4v) is 4.72. The molecule has 0 unspecified atom stereocenters. The van der Waals surface area contributed by atoms with Crippen molar-refractivity contribution in [2.24, 2.45) is 0 Å². The molecule has 3 aromatic rings. The van der Waals surface area contributed by atoms with Crippen molar-refractivity contribution in [1.82, 2.24) is 9.88 Å². The molecule has 0 atom stereocenters. The van der Waals surface area contributed by atoms with E-state index in [0.717, 1.165) is 32.6 Å². The number of piperazine rings is 1. The maximum atomic E-state index is 12.6. The Bertz CT molecular complexity index is 1020. The highest BCUT2D eigenvalue weighted by Crippen LogP contribution is 2.40. The van der Waals surface area contributed by atoms with Crippen LogP contribution in [0.3, 0.4) is 0 Å². The molecule has 1 aliphatic heterocycles. The van der Waals surface area contributed by atoms with Crippen LogP contribution in [0.5, 0.6) is 23.0 Å². The predicted octanol–water partition coefficient (Wildman–Crippen LogP) is 3.44. The lowest BCUT2D eigenvalue weighted by molar-refractivity contribution is -0.133.